The van der Waals surface area contributed by atoms with Crippen molar-refractivity contribution in [2.45, 2.75) is 90.9 Å². The summed E-state index contributed by atoms with van der Waals surface area (Å²) in [5.74, 6) is 1.01. The van der Waals surface area contributed by atoms with Gasteiger partial charge in [0, 0.05) is 0 Å². The lowest BCUT2D eigenvalue weighted by atomic mass is 9.94. The van der Waals surface area contributed by atoms with E-state index in [-0.39, 0.29) is 0 Å². The molecule has 0 aromatic heterocycles. The Bertz CT molecular complexity index is 117. The first-order valence-corrected chi connectivity index (χ1v) is 7.64. The quantitative estimate of drug-likeness (QED) is 0.349. The highest BCUT2D eigenvalue weighted by atomic mass is 14.1. The fourth-order valence-electron chi connectivity index (χ4n) is 2.45. The van der Waals surface area contributed by atoms with Gasteiger partial charge in [-0.25, -0.2) is 0 Å². The van der Waals surface area contributed by atoms with Crippen LogP contribution >= 0.6 is 0 Å². The lowest BCUT2D eigenvalue weighted by Crippen LogP contribution is -1.97. The highest BCUT2D eigenvalue weighted by Gasteiger charge is 2.03. The van der Waals surface area contributed by atoms with Crippen molar-refractivity contribution in [2.24, 2.45) is 5.92 Å². The SMILES string of the molecule is [CH2]CCCCCCCCCC(CC)CCC. The number of rotatable bonds is 12. The van der Waals surface area contributed by atoms with Crippen LogP contribution in [-0.4, -0.2) is 0 Å². The van der Waals surface area contributed by atoms with Crippen LogP contribution in [-0.2, 0) is 0 Å². The van der Waals surface area contributed by atoms with E-state index in [0.717, 1.165) is 12.3 Å². The van der Waals surface area contributed by atoms with Gasteiger partial charge in [0.2, 0.25) is 0 Å². The summed E-state index contributed by atoms with van der Waals surface area (Å²) in [4.78, 5) is 0. The largest absolute Gasteiger partial charge is 0.0654 e. The molecule has 0 aliphatic heterocycles. The molecule has 0 aliphatic rings. The second-order valence-electron chi connectivity index (χ2n) is 5.18. The lowest BCUT2D eigenvalue weighted by Gasteiger charge is -2.12. The molecule has 1 unspecified atom stereocenters. The van der Waals surface area contributed by atoms with E-state index in [0.29, 0.717) is 0 Å². The summed E-state index contributed by atoms with van der Waals surface area (Å²) in [7, 11) is 0. The second-order valence-corrected chi connectivity index (χ2v) is 5.18. The van der Waals surface area contributed by atoms with Gasteiger partial charge in [-0.3, -0.25) is 0 Å². The van der Waals surface area contributed by atoms with Gasteiger partial charge in [0.1, 0.15) is 0 Å². The van der Waals surface area contributed by atoms with Crippen molar-refractivity contribution in [2.75, 3.05) is 0 Å². The summed E-state index contributed by atoms with van der Waals surface area (Å²) in [5, 5.41) is 0. The van der Waals surface area contributed by atoms with Gasteiger partial charge in [0.25, 0.3) is 0 Å². The van der Waals surface area contributed by atoms with E-state index in [4.69, 9.17) is 0 Å². The van der Waals surface area contributed by atoms with Crippen LogP contribution in [0.15, 0.2) is 0 Å². The molecule has 0 N–H and O–H groups in total. The van der Waals surface area contributed by atoms with E-state index in [9.17, 15) is 0 Å². The fourth-order valence-corrected chi connectivity index (χ4v) is 2.45. The van der Waals surface area contributed by atoms with E-state index in [1.165, 1.54) is 70.6 Å². The summed E-state index contributed by atoms with van der Waals surface area (Å²) in [6.07, 6.45) is 16.8. The van der Waals surface area contributed by atoms with Gasteiger partial charge >= 0.3 is 0 Å². The summed E-state index contributed by atoms with van der Waals surface area (Å²) < 4.78 is 0. The molecule has 97 valence electrons. The van der Waals surface area contributed by atoms with Gasteiger partial charge in [0.15, 0.2) is 0 Å². The van der Waals surface area contributed by atoms with Crippen LogP contribution in [0.3, 0.4) is 0 Å². The molecule has 0 heteroatoms. The van der Waals surface area contributed by atoms with E-state index in [1.54, 1.807) is 0 Å². The molecule has 0 saturated carbocycles. The van der Waals surface area contributed by atoms with Crippen molar-refractivity contribution >= 4 is 0 Å². The Morgan fingerprint density at radius 1 is 0.750 bits per heavy atom. The van der Waals surface area contributed by atoms with E-state index in [1.807, 2.05) is 0 Å². The van der Waals surface area contributed by atoms with Crippen molar-refractivity contribution < 1.29 is 0 Å². The zero-order valence-electron chi connectivity index (χ0n) is 11.8. The smallest absolute Gasteiger partial charge is 0.0417 e. The molecule has 0 spiro atoms. The van der Waals surface area contributed by atoms with Gasteiger partial charge in [-0.2, -0.15) is 0 Å². The first-order valence-electron chi connectivity index (χ1n) is 7.64. The van der Waals surface area contributed by atoms with Crippen LogP contribution in [0.2, 0.25) is 0 Å². The first kappa shape index (κ1) is 16.0. The average molecular weight is 225 g/mol. The number of hydrogen-bond donors (Lipinski definition) is 0. The molecule has 0 bridgehead atoms. The Morgan fingerprint density at radius 2 is 1.31 bits per heavy atom. The standard InChI is InChI=1S/C16H33/c1-4-7-8-9-10-11-12-13-15-16(6-3)14-5-2/h16H,1,4-15H2,2-3H3. The normalized spacial score (nSPS) is 12.9. The molecule has 0 aromatic rings. The molecule has 0 aliphatic carbocycles. The van der Waals surface area contributed by atoms with Crippen LogP contribution in [0.4, 0.5) is 0 Å². The molecule has 0 heterocycles. The van der Waals surface area contributed by atoms with Crippen molar-refractivity contribution in [1.82, 2.24) is 0 Å². The highest BCUT2D eigenvalue weighted by Crippen LogP contribution is 2.19. The van der Waals surface area contributed by atoms with E-state index >= 15 is 0 Å². The van der Waals surface area contributed by atoms with Crippen LogP contribution in [0, 0.1) is 12.8 Å². The van der Waals surface area contributed by atoms with Gasteiger partial charge in [-0.1, -0.05) is 97.8 Å². The molecule has 0 saturated heterocycles. The minimum Gasteiger partial charge on any atom is -0.0654 e. The van der Waals surface area contributed by atoms with Gasteiger partial charge < -0.3 is 0 Å². The van der Waals surface area contributed by atoms with Crippen molar-refractivity contribution in [3.05, 3.63) is 6.92 Å². The summed E-state index contributed by atoms with van der Waals surface area (Å²) in [5.41, 5.74) is 0. The van der Waals surface area contributed by atoms with Crippen LogP contribution in [0.1, 0.15) is 90.9 Å². The van der Waals surface area contributed by atoms with Gasteiger partial charge in [-0.15, -0.1) is 0 Å². The zero-order valence-corrected chi connectivity index (χ0v) is 11.8. The maximum Gasteiger partial charge on any atom is -0.0417 e. The summed E-state index contributed by atoms with van der Waals surface area (Å²) in [6.45, 7) is 8.54. The van der Waals surface area contributed by atoms with Crippen molar-refractivity contribution in [3.8, 4) is 0 Å². The van der Waals surface area contributed by atoms with Crippen molar-refractivity contribution in [3.63, 3.8) is 0 Å². The Hall–Kier alpha value is 0. The lowest BCUT2D eigenvalue weighted by molar-refractivity contribution is 0.408. The summed E-state index contributed by atoms with van der Waals surface area (Å²) >= 11 is 0. The van der Waals surface area contributed by atoms with E-state index < -0.39 is 0 Å². The van der Waals surface area contributed by atoms with Gasteiger partial charge in [-0.05, 0) is 5.92 Å². The Balaban J connectivity index is 3.12. The first-order chi connectivity index (χ1) is 7.85. The van der Waals surface area contributed by atoms with Crippen LogP contribution in [0.5, 0.6) is 0 Å². The molecule has 0 fully saturated rings. The molecular weight excluding hydrogens is 192 g/mol. The fraction of sp³-hybridized carbons (Fsp3) is 0.938. The molecule has 0 nitrogen and oxygen atoms in total. The molecule has 0 rings (SSSR count). The highest BCUT2D eigenvalue weighted by molar-refractivity contribution is 4.57. The molecule has 1 atom stereocenters. The zero-order chi connectivity index (χ0) is 12.1. The number of unbranched alkanes of at least 4 members (excludes halogenated alkanes) is 7. The minimum absolute atomic E-state index is 1.01. The minimum atomic E-state index is 1.01. The third kappa shape index (κ3) is 10.5. The maximum atomic E-state index is 3.88. The Kier molecular flexibility index (Phi) is 13.1. The average Bonchev–Trinajstić information content (AvgIpc) is 2.31. The van der Waals surface area contributed by atoms with Crippen LogP contribution in [0.25, 0.3) is 0 Å². The third-order valence-electron chi connectivity index (χ3n) is 3.64. The summed E-state index contributed by atoms with van der Waals surface area (Å²) in [6, 6.07) is 0. The topological polar surface area (TPSA) is 0 Å². The number of hydrogen-bond acceptors (Lipinski definition) is 0. The molecule has 0 aromatic carbocycles. The predicted molar refractivity (Wildman–Crippen MR) is 75.6 cm³/mol. The molecule has 1 radical (unpaired) electrons. The second kappa shape index (κ2) is 13.1. The molecule has 0 amide bonds. The van der Waals surface area contributed by atoms with Crippen LogP contribution < -0.4 is 0 Å². The molecule has 16 heavy (non-hydrogen) atoms. The Morgan fingerprint density at radius 3 is 1.81 bits per heavy atom. The Labute approximate surface area is 104 Å². The predicted octanol–water partition coefficient (Wildman–Crippen LogP) is 6.16. The third-order valence-corrected chi connectivity index (χ3v) is 3.64. The van der Waals surface area contributed by atoms with E-state index in [2.05, 4.69) is 20.8 Å². The maximum absolute atomic E-state index is 3.88. The van der Waals surface area contributed by atoms with Gasteiger partial charge in [0.05, 0.1) is 0 Å². The monoisotopic (exact) mass is 225 g/mol. The van der Waals surface area contributed by atoms with Crippen molar-refractivity contribution in [1.29, 1.82) is 0 Å². The molecular formula is C16H33.